The number of ether oxygens (including phenoxy) is 1. The number of hydrogen-bond acceptors (Lipinski definition) is 3. The molecule has 0 unspecified atom stereocenters. The van der Waals surface area contributed by atoms with E-state index < -0.39 is 0 Å². The Balaban J connectivity index is 1.76. The van der Waals surface area contributed by atoms with Crippen LogP contribution in [-0.4, -0.2) is 12.5 Å². The second kappa shape index (κ2) is 5.61. The molecule has 104 valence electrons. The molecule has 2 aromatic rings. The van der Waals surface area contributed by atoms with Crippen LogP contribution in [0.3, 0.4) is 0 Å². The van der Waals surface area contributed by atoms with Crippen LogP contribution < -0.4 is 10.1 Å². The lowest BCUT2D eigenvalue weighted by atomic mass is 10.1. The van der Waals surface area contributed by atoms with Crippen LogP contribution in [0.2, 0.25) is 0 Å². The first-order valence-corrected chi connectivity index (χ1v) is 7.69. The van der Waals surface area contributed by atoms with E-state index in [9.17, 15) is 4.79 Å². The predicted octanol–water partition coefficient (Wildman–Crippen LogP) is 3.67. The Hall–Kier alpha value is -1.27. The second-order valence-electron chi connectivity index (χ2n) is 4.44. The van der Waals surface area contributed by atoms with Crippen LogP contribution in [0.25, 0.3) is 0 Å². The molecule has 2 heterocycles. The zero-order valence-corrected chi connectivity index (χ0v) is 13.6. The summed E-state index contributed by atoms with van der Waals surface area (Å²) in [5, 5.41) is 2.87. The van der Waals surface area contributed by atoms with E-state index in [4.69, 9.17) is 9.15 Å². The summed E-state index contributed by atoms with van der Waals surface area (Å²) < 4.78 is 12.1. The molecule has 0 saturated heterocycles. The molecule has 0 atom stereocenters. The van der Waals surface area contributed by atoms with Crippen LogP contribution >= 0.6 is 31.9 Å². The molecule has 1 aromatic heterocycles. The first-order chi connectivity index (χ1) is 9.65. The maximum atomic E-state index is 12.0. The maximum absolute atomic E-state index is 12.0. The fourth-order valence-electron chi connectivity index (χ4n) is 2.20. The van der Waals surface area contributed by atoms with Crippen LogP contribution in [0.15, 0.2) is 38.0 Å². The van der Waals surface area contributed by atoms with Gasteiger partial charge < -0.3 is 14.5 Å². The number of furan rings is 1. The van der Waals surface area contributed by atoms with Crippen molar-refractivity contribution in [2.75, 3.05) is 6.61 Å². The molecule has 1 aliphatic rings. The van der Waals surface area contributed by atoms with Gasteiger partial charge in [0.05, 0.1) is 18.4 Å². The van der Waals surface area contributed by atoms with Gasteiger partial charge >= 0.3 is 0 Å². The molecular formula is C14H11Br2NO3. The molecular weight excluding hydrogens is 390 g/mol. The Kier molecular flexibility index (Phi) is 3.85. The van der Waals surface area contributed by atoms with Gasteiger partial charge in [0, 0.05) is 23.0 Å². The largest absolute Gasteiger partial charge is 0.493 e. The number of halogens is 2. The van der Waals surface area contributed by atoms with Crippen LogP contribution in [0.1, 0.15) is 21.5 Å². The highest BCUT2D eigenvalue weighted by molar-refractivity contribution is 9.10. The molecule has 0 bridgehead atoms. The molecule has 1 aliphatic heterocycles. The summed E-state index contributed by atoms with van der Waals surface area (Å²) in [6.45, 7) is 1.11. The zero-order chi connectivity index (χ0) is 14.1. The third-order valence-electron chi connectivity index (χ3n) is 3.13. The van der Waals surface area contributed by atoms with Gasteiger partial charge in [-0.25, -0.2) is 0 Å². The number of nitrogens with one attached hydrogen (secondary N) is 1. The molecule has 6 heteroatoms. The summed E-state index contributed by atoms with van der Waals surface area (Å²) >= 11 is 6.68. The smallest absolute Gasteiger partial charge is 0.256 e. The van der Waals surface area contributed by atoms with Gasteiger partial charge in [-0.3, -0.25) is 4.79 Å². The van der Waals surface area contributed by atoms with Gasteiger partial charge in [0.15, 0.2) is 4.67 Å². The molecule has 0 saturated carbocycles. The number of fused-ring (bicyclic) bond motifs is 1. The van der Waals surface area contributed by atoms with Crippen LogP contribution in [0.5, 0.6) is 5.75 Å². The Morgan fingerprint density at radius 1 is 1.35 bits per heavy atom. The van der Waals surface area contributed by atoms with Gasteiger partial charge in [0.1, 0.15) is 5.75 Å². The molecule has 3 rings (SSSR count). The van der Waals surface area contributed by atoms with Crippen LogP contribution in [0, 0.1) is 0 Å². The molecule has 4 nitrogen and oxygen atoms in total. The molecule has 0 aliphatic carbocycles. The Labute approximate surface area is 132 Å². The number of hydrogen-bond donors (Lipinski definition) is 1. The molecule has 0 spiro atoms. The second-order valence-corrected chi connectivity index (χ2v) is 6.08. The summed E-state index contributed by atoms with van der Waals surface area (Å²) in [5.74, 6) is 0.706. The van der Waals surface area contributed by atoms with Crippen LogP contribution in [0.4, 0.5) is 0 Å². The molecule has 1 amide bonds. The fraction of sp³-hybridized carbons (Fsp3) is 0.214. The lowest BCUT2D eigenvalue weighted by molar-refractivity contribution is 0.0949. The fourth-order valence-corrected chi connectivity index (χ4v) is 3.18. The molecule has 1 aromatic carbocycles. The minimum atomic E-state index is -0.183. The highest BCUT2D eigenvalue weighted by atomic mass is 79.9. The number of benzene rings is 1. The summed E-state index contributed by atoms with van der Waals surface area (Å²) in [5.41, 5.74) is 2.63. The lowest BCUT2D eigenvalue weighted by Gasteiger charge is -2.10. The third-order valence-corrected chi connectivity index (χ3v) is 4.20. The number of carbonyl (C=O) groups excluding carboxylic acids is 1. The van der Waals surface area contributed by atoms with Gasteiger partial charge in [-0.15, -0.1) is 0 Å². The molecule has 1 N–H and O–H groups in total. The quantitative estimate of drug-likeness (QED) is 0.855. The van der Waals surface area contributed by atoms with Gasteiger partial charge in [0.25, 0.3) is 5.91 Å². The predicted molar refractivity (Wildman–Crippen MR) is 80.9 cm³/mol. The molecule has 0 radical (unpaired) electrons. The first kappa shape index (κ1) is 13.7. The average Bonchev–Trinajstić information content (AvgIpc) is 3.03. The first-order valence-electron chi connectivity index (χ1n) is 6.10. The number of amides is 1. The SMILES string of the molecule is O=C(NCc1cc(Br)cc2c1OCC2)c1ccoc1Br. The van der Waals surface area contributed by atoms with Crippen molar-refractivity contribution in [3.63, 3.8) is 0 Å². The van der Waals surface area contributed by atoms with E-state index in [-0.39, 0.29) is 5.91 Å². The molecule has 0 fully saturated rings. The Morgan fingerprint density at radius 2 is 2.20 bits per heavy atom. The van der Waals surface area contributed by atoms with Gasteiger partial charge in [0.2, 0.25) is 0 Å². The number of rotatable bonds is 3. The zero-order valence-electron chi connectivity index (χ0n) is 10.4. The lowest BCUT2D eigenvalue weighted by Crippen LogP contribution is -2.22. The van der Waals surface area contributed by atoms with Crippen molar-refractivity contribution in [3.05, 3.63) is 50.3 Å². The van der Waals surface area contributed by atoms with Crippen molar-refractivity contribution in [1.29, 1.82) is 0 Å². The summed E-state index contributed by atoms with van der Waals surface area (Å²) in [7, 11) is 0. The van der Waals surface area contributed by atoms with E-state index >= 15 is 0 Å². The topological polar surface area (TPSA) is 51.5 Å². The van der Waals surface area contributed by atoms with Crippen molar-refractivity contribution < 1.29 is 13.9 Å². The van der Waals surface area contributed by atoms with E-state index in [1.165, 1.54) is 11.8 Å². The van der Waals surface area contributed by atoms with Crippen molar-refractivity contribution in [3.8, 4) is 5.75 Å². The van der Waals surface area contributed by atoms with E-state index in [0.29, 0.717) is 23.4 Å². The van der Waals surface area contributed by atoms with Crippen molar-refractivity contribution in [1.82, 2.24) is 5.32 Å². The highest BCUT2D eigenvalue weighted by Gasteiger charge is 2.19. The van der Waals surface area contributed by atoms with Gasteiger partial charge in [-0.05, 0) is 39.7 Å². The monoisotopic (exact) mass is 399 g/mol. The van der Waals surface area contributed by atoms with Crippen LogP contribution in [-0.2, 0) is 13.0 Å². The Bertz CT molecular complexity index is 666. The average molecular weight is 401 g/mol. The standard InChI is InChI=1S/C14H11Br2NO3/c15-10-5-8-1-3-19-12(8)9(6-10)7-17-14(18)11-2-4-20-13(11)16/h2,4-6H,1,3,7H2,(H,17,18). The van der Waals surface area contributed by atoms with Crippen molar-refractivity contribution in [2.24, 2.45) is 0 Å². The normalized spacial score (nSPS) is 12.9. The highest BCUT2D eigenvalue weighted by Crippen LogP contribution is 2.33. The minimum absolute atomic E-state index is 0.183. The van der Waals surface area contributed by atoms with E-state index in [1.54, 1.807) is 6.07 Å². The summed E-state index contributed by atoms with van der Waals surface area (Å²) in [6, 6.07) is 5.65. The van der Waals surface area contributed by atoms with Crippen molar-refractivity contribution in [2.45, 2.75) is 13.0 Å². The maximum Gasteiger partial charge on any atom is 0.256 e. The van der Waals surface area contributed by atoms with E-state index in [1.807, 2.05) is 6.07 Å². The summed E-state index contributed by atoms with van der Waals surface area (Å²) in [6.07, 6.45) is 2.38. The third kappa shape index (κ3) is 2.62. The summed E-state index contributed by atoms with van der Waals surface area (Å²) in [4.78, 5) is 12.0. The Morgan fingerprint density at radius 3 is 2.95 bits per heavy atom. The van der Waals surface area contributed by atoms with Crippen molar-refractivity contribution >= 4 is 37.8 Å². The van der Waals surface area contributed by atoms with E-state index in [0.717, 1.165) is 22.2 Å². The van der Waals surface area contributed by atoms with Gasteiger partial charge in [-0.1, -0.05) is 15.9 Å². The molecule has 20 heavy (non-hydrogen) atoms. The van der Waals surface area contributed by atoms with E-state index in [2.05, 4.69) is 43.2 Å². The van der Waals surface area contributed by atoms with Gasteiger partial charge in [-0.2, -0.15) is 0 Å². The minimum Gasteiger partial charge on any atom is -0.493 e. The number of carbonyl (C=O) groups is 1.